The lowest BCUT2D eigenvalue weighted by Crippen LogP contribution is -2.48. The number of aromatic nitrogens is 2. The van der Waals surface area contributed by atoms with Gasteiger partial charge in [-0.05, 0) is 13.8 Å². The first-order valence-electron chi connectivity index (χ1n) is 7.08. The average molecular weight is 322 g/mol. The summed E-state index contributed by atoms with van der Waals surface area (Å²) in [4.78, 5) is 22.8. The van der Waals surface area contributed by atoms with Crippen molar-refractivity contribution in [3.05, 3.63) is 33.9 Å². The minimum Gasteiger partial charge on any atom is -0.448 e. The highest BCUT2D eigenvalue weighted by Gasteiger charge is 2.30. The fourth-order valence-corrected chi connectivity index (χ4v) is 3.23. The molecule has 0 spiro atoms. The zero-order chi connectivity index (χ0) is 15.5. The number of ether oxygens (including phenoxy) is 1. The quantitative estimate of drug-likeness (QED) is 0.935. The third-order valence-electron chi connectivity index (χ3n) is 3.56. The highest BCUT2D eigenvalue weighted by Crippen LogP contribution is 2.27. The molecule has 1 saturated heterocycles. The molecule has 1 N–H and O–H groups in total. The Hall–Kier alpha value is -1.93. The molecule has 0 bridgehead atoms. The number of hydrogen-bond acceptors (Lipinski definition) is 6. The van der Waals surface area contributed by atoms with Crippen molar-refractivity contribution in [3.8, 4) is 0 Å². The van der Waals surface area contributed by atoms with Crippen molar-refractivity contribution in [1.82, 2.24) is 20.2 Å². The van der Waals surface area contributed by atoms with E-state index in [1.54, 1.807) is 16.2 Å². The van der Waals surface area contributed by atoms with E-state index < -0.39 is 0 Å². The number of carbonyl (C=O) groups is 1. The van der Waals surface area contributed by atoms with Gasteiger partial charge in [0.05, 0.1) is 19.8 Å². The zero-order valence-corrected chi connectivity index (χ0v) is 13.4. The number of nitrogens with one attached hydrogen (secondary N) is 1. The van der Waals surface area contributed by atoms with Crippen LogP contribution in [-0.4, -0.2) is 40.7 Å². The summed E-state index contributed by atoms with van der Waals surface area (Å²) in [6, 6.07) is -0.269. The molecule has 118 valence electrons. The second kappa shape index (κ2) is 6.45. The summed E-state index contributed by atoms with van der Waals surface area (Å²) in [6.45, 7) is 5.68. The predicted molar refractivity (Wildman–Crippen MR) is 80.6 cm³/mol. The van der Waals surface area contributed by atoms with E-state index in [0.717, 1.165) is 22.2 Å². The number of oxazole rings is 1. The fourth-order valence-electron chi connectivity index (χ4n) is 2.34. The summed E-state index contributed by atoms with van der Waals surface area (Å²) in [5.41, 5.74) is 1.70. The van der Waals surface area contributed by atoms with Crippen molar-refractivity contribution < 1.29 is 13.9 Å². The Morgan fingerprint density at radius 3 is 3.09 bits per heavy atom. The second-order valence-corrected chi connectivity index (χ2v) is 6.01. The summed E-state index contributed by atoms with van der Waals surface area (Å²) in [5, 5.41) is 5.78. The van der Waals surface area contributed by atoms with Crippen LogP contribution in [0.4, 0.5) is 4.79 Å². The van der Waals surface area contributed by atoms with Crippen molar-refractivity contribution in [2.75, 3.05) is 19.8 Å². The molecule has 0 aliphatic carbocycles. The minimum absolute atomic E-state index is 0.133. The minimum atomic E-state index is -0.136. The van der Waals surface area contributed by atoms with Gasteiger partial charge in [0.15, 0.2) is 6.39 Å². The number of hydrogen-bond donors (Lipinski definition) is 1. The summed E-state index contributed by atoms with van der Waals surface area (Å²) in [5.74, 6) is 0.717. The Morgan fingerprint density at radius 1 is 1.55 bits per heavy atom. The number of carbonyl (C=O) groups excluding carboxylic acids is 1. The van der Waals surface area contributed by atoms with E-state index in [4.69, 9.17) is 9.15 Å². The largest absolute Gasteiger partial charge is 0.448 e. The number of aryl methyl sites for hydroxylation is 2. The predicted octanol–water partition coefficient (Wildman–Crippen LogP) is 2.03. The molecule has 0 aromatic carbocycles. The van der Waals surface area contributed by atoms with Crippen LogP contribution >= 0.6 is 11.3 Å². The smallest absolute Gasteiger partial charge is 0.318 e. The van der Waals surface area contributed by atoms with E-state index in [1.165, 1.54) is 6.39 Å². The zero-order valence-electron chi connectivity index (χ0n) is 12.5. The third-order valence-corrected chi connectivity index (χ3v) is 4.63. The highest BCUT2D eigenvalue weighted by molar-refractivity contribution is 7.09. The summed E-state index contributed by atoms with van der Waals surface area (Å²) >= 11 is 1.56. The lowest BCUT2D eigenvalue weighted by atomic mass is 10.2. The van der Waals surface area contributed by atoms with Crippen LogP contribution in [-0.2, 0) is 11.3 Å². The molecule has 0 radical (unpaired) electrons. The average Bonchev–Trinajstić information content (AvgIpc) is 3.13. The van der Waals surface area contributed by atoms with Crippen LogP contribution < -0.4 is 5.32 Å². The van der Waals surface area contributed by atoms with Gasteiger partial charge in [-0.1, -0.05) is 0 Å². The van der Waals surface area contributed by atoms with E-state index in [2.05, 4.69) is 15.3 Å². The van der Waals surface area contributed by atoms with Gasteiger partial charge in [0, 0.05) is 17.6 Å². The molecule has 8 heteroatoms. The van der Waals surface area contributed by atoms with E-state index >= 15 is 0 Å². The van der Waals surface area contributed by atoms with Gasteiger partial charge in [-0.15, -0.1) is 11.3 Å². The van der Waals surface area contributed by atoms with Crippen LogP contribution in [0.25, 0.3) is 0 Å². The summed E-state index contributed by atoms with van der Waals surface area (Å²) in [6.07, 6.45) is 1.38. The monoisotopic (exact) mass is 322 g/mol. The number of urea groups is 1. The number of morpholine rings is 1. The number of amides is 2. The maximum atomic E-state index is 12.5. The van der Waals surface area contributed by atoms with Crippen molar-refractivity contribution in [2.24, 2.45) is 0 Å². The second-order valence-electron chi connectivity index (χ2n) is 5.13. The van der Waals surface area contributed by atoms with Crippen molar-refractivity contribution in [2.45, 2.75) is 26.4 Å². The van der Waals surface area contributed by atoms with Crippen molar-refractivity contribution in [3.63, 3.8) is 0 Å². The van der Waals surface area contributed by atoms with Gasteiger partial charge in [-0.3, -0.25) is 0 Å². The van der Waals surface area contributed by atoms with Crippen LogP contribution in [0.15, 0.2) is 16.2 Å². The van der Waals surface area contributed by atoms with Crippen LogP contribution in [0, 0.1) is 13.8 Å². The van der Waals surface area contributed by atoms with Crippen LogP contribution in [0.2, 0.25) is 0 Å². The van der Waals surface area contributed by atoms with Gasteiger partial charge >= 0.3 is 6.03 Å². The molecule has 3 heterocycles. The van der Waals surface area contributed by atoms with Crippen LogP contribution in [0.1, 0.15) is 28.2 Å². The molecule has 1 atom stereocenters. The molecule has 7 nitrogen and oxygen atoms in total. The molecule has 2 aromatic rings. The Bertz CT molecular complexity index is 654. The molecule has 22 heavy (non-hydrogen) atoms. The van der Waals surface area contributed by atoms with Gasteiger partial charge in [0.2, 0.25) is 0 Å². The number of nitrogens with zero attached hydrogens (tertiary/aromatic N) is 3. The maximum Gasteiger partial charge on any atom is 0.318 e. The molecular formula is C14H18N4O3S. The highest BCUT2D eigenvalue weighted by atomic mass is 32.1. The molecule has 2 aromatic heterocycles. The Balaban J connectivity index is 1.67. The van der Waals surface area contributed by atoms with Gasteiger partial charge in [0.25, 0.3) is 0 Å². The first-order valence-corrected chi connectivity index (χ1v) is 7.96. The standard InChI is InChI=1S/C14H18N4O3S/c1-9-7-22-13(17-9)12-6-20-4-3-18(12)14(19)15-5-11-10(2)21-8-16-11/h7-8,12H,3-6H2,1-2H3,(H,15,19)/t12-/m0/s1. The first kappa shape index (κ1) is 15.0. The summed E-state index contributed by atoms with van der Waals surface area (Å²) in [7, 11) is 0. The Kier molecular flexibility index (Phi) is 4.39. The van der Waals surface area contributed by atoms with Gasteiger partial charge in [-0.25, -0.2) is 14.8 Å². The van der Waals surface area contributed by atoms with Gasteiger partial charge in [-0.2, -0.15) is 0 Å². The molecule has 3 rings (SSSR count). The van der Waals surface area contributed by atoms with E-state index in [-0.39, 0.29) is 12.1 Å². The molecule has 1 fully saturated rings. The molecule has 1 aliphatic rings. The Labute approximate surface area is 132 Å². The van der Waals surface area contributed by atoms with Crippen molar-refractivity contribution in [1.29, 1.82) is 0 Å². The van der Waals surface area contributed by atoms with Crippen LogP contribution in [0.5, 0.6) is 0 Å². The molecular weight excluding hydrogens is 304 g/mol. The molecule has 0 saturated carbocycles. The normalized spacial score (nSPS) is 18.5. The molecule has 1 aliphatic heterocycles. The number of rotatable bonds is 3. The van der Waals surface area contributed by atoms with E-state index in [1.807, 2.05) is 19.2 Å². The van der Waals surface area contributed by atoms with Crippen LogP contribution in [0.3, 0.4) is 0 Å². The molecule has 0 unspecified atom stereocenters. The first-order chi connectivity index (χ1) is 10.6. The van der Waals surface area contributed by atoms with Gasteiger partial charge < -0.3 is 19.4 Å². The summed E-state index contributed by atoms with van der Waals surface area (Å²) < 4.78 is 10.6. The lowest BCUT2D eigenvalue weighted by Gasteiger charge is -2.34. The third kappa shape index (κ3) is 3.12. The fraction of sp³-hybridized carbons (Fsp3) is 0.500. The number of thiazole rings is 1. The van der Waals surface area contributed by atoms with Gasteiger partial charge in [0.1, 0.15) is 22.5 Å². The van der Waals surface area contributed by atoms with E-state index in [0.29, 0.717) is 26.3 Å². The Morgan fingerprint density at radius 2 is 2.41 bits per heavy atom. The lowest BCUT2D eigenvalue weighted by molar-refractivity contribution is 0.0114. The van der Waals surface area contributed by atoms with Crippen molar-refractivity contribution >= 4 is 17.4 Å². The van der Waals surface area contributed by atoms with E-state index in [9.17, 15) is 4.79 Å². The SMILES string of the molecule is Cc1csc([C@@H]2COCCN2C(=O)NCc2ncoc2C)n1. The maximum absolute atomic E-state index is 12.5. The topological polar surface area (TPSA) is 80.5 Å². The molecule has 2 amide bonds.